The number of nitro groups is 1. The number of nitriles is 1. The number of ether oxygens (including phenoxy) is 1. The van der Waals surface area contributed by atoms with Gasteiger partial charge < -0.3 is 4.74 Å². The molecule has 6 nitrogen and oxygen atoms in total. The molecule has 3 aromatic carbocycles. The number of carbonyl (C=O) groups is 1. The van der Waals surface area contributed by atoms with Crippen LogP contribution in [0.1, 0.15) is 21.5 Å². The van der Waals surface area contributed by atoms with Gasteiger partial charge in [-0.15, -0.1) is 0 Å². The van der Waals surface area contributed by atoms with Gasteiger partial charge in [-0.1, -0.05) is 48.2 Å². The van der Waals surface area contributed by atoms with E-state index in [-0.39, 0.29) is 17.9 Å². The smallest absolute Gasteiger partial charge is 0.338 e. The molecule has 138 valence electrons. The molecule has 0 aliphatic heterocycles. The van der Waals surface area contributed by atoms with Gasteiger partial charge in [0, 0.05) is 16.5 Å². The van der Waals surface area contributed by atoms with Crippen molar-refractivity contribution in [2.45, 2.75) is 16.4 Å². The molecular weight excluding hydrogens is 376 g/mol. The van der Waals surface area contributed by atoms with E-state index in [1.807, 2.05) is 36.4 Å². The summed E-state index contributed by atoms with van der Waals surface area (Å²) >= 11 is 1.25. The van der Waals surface area contributed by atoms with Crippen LogP contribution in [0.25, 0.3) is 0 Å². The van der Waals surface area contributed by atoms with E-state index in [1.54, 1.807) is 24.3 Å². The summed E-state index contributed by atoms with van der Waals surface area (Å²) in [5.41, 5.74) is 0.902. The molecule has 3 aromatic rings. The number of esters is 1. The first-order chi connectivity index (χ1) is 13.6. The number of nitrogens with zero attached hydrogens (tertiary/aromatic N) is 2. The van der Waals surface area contributed by atoms with Crippen LogP contribution in [0.15, 0.2) is 82.6 Å². The maximum absolute atomic E-state index is 12.3. The second-order valence-corrected chi connectivity index (χ2v) is 6.82. The third kappa shape index (κ3) is 4.55. The Balaban J connectivity index is 1.78. The molecule has 0 atom stereocenters. The minimum Gasteiger partial charge on any atom is -0.457 e. The zero-order chi connectivity index (χ0) is 19.9. The molecule has 0 bridgehead atoms. The lowest BCUT2D eigenvalue weighted by atomic mass is 10.1. The zero-order valence-electron chi connectivity index (χ0n) is 14.6. The van der Waals surface area contributed by atoms with E-state index < -0.39 is 10.9 Å². The Labute approximate surface area is 165 Å². The fourth-order valence-corrected chi connectivity index (χ4v) is 3.39. The topological polar surface area (TPSA) is 93.2 Å². The van der Waals surface area contributed by atoms with Gasteiger partial charge in [0.05, 0.1) is 27.0 Å². The van der Waals surface area contributed by atoms with E-state index >= 15 is 0 Å². The van der Waals surface area contributed by atoms with Crippen LogP contribution in [0.4, 0.5) is 5.69 Å². The summed E-state index contributed by atoms with van der Waals surface area (Å²) in [6.07, 6.45) is 0. The Morgan fingerprint density at radius 3 is 2.50 bits per heavy atom. The highest BCUT2D eigenvalue weighted by Crippen LogP contribution is 2.35. The van der Waals surface area contributed by atoms with Gasteiger partial charge in [-0.3, -0.25) is 10.1 Å². The molecule has 0 unspecified atom stereocenters. The van der Waals surface area contributed by atoms with Gasteiger partial charge in [-0.2, -0.15) is 5.26 Å². The minimum absolute atomic E-state index is 0.0820. The number of hydrogen-bond donors (Lipinski definition) is 0. The van der Waals surface area contributed by atoms with E-state index in [2.05, 4.69) is 0 Å². The summed E-state index contributed by atoms with van der Waals surface area (Å²) in [4.78, 5) is 24.5. The minimum atomic E-state index is -0.688. The Morgan fingerprint density at radius 1 is 1.07 bits per heavy atom. The van der Waals surface area contributed by atoms with E-state index in [1.165, 1.54) is 30.0 Å². The van der Waals surface area contributed by atoms with Crippen LogP contribution in [0.2, 0.25) is 0 Å². The number of nitro benzene ring substituents is 1. The van der Waals surface area contributed by atoms with Crippen molar-refractivity contribution in [1.29, 1.82) is 5.26 Å². The van der Waals surface area contributed by atoms with Gasteiger partial charge in [-0.05, 0) is 30.3 Å². The molecule has 0 spiro atoms. The van der Waals surface area contributed by atoms with Crippen molar-refractivity contribution in [3.05, 3.63) is 99.6 Å². The lowest BCUT2D eigenvalue weighted by molar-refractivity contribution is -0.387. The predicted octanol–water partition coefficient (Wildman–Crippen LogP) is 4.97. The van der Waals surface area contributed by atoms with Gasteiger partial charge >= 0.3 is 5.97 Å². The van der Waals surface area contributed by atoms with E-state index in [0.29, 0.717) is 16.0 Å². The van der Waals surface area contributed by atoms with Gasteiger partial charge in [0.2, 0.25) is 0 Å². The molecule has 0 heterocycles. The normalized spacial score (nSPS) is 10.1. The van der Waals surface area contributed by atoms with Crippen molar-refractivity contribution in [2.24, 2.45) is 0 Å². The van der Waals surface area contributed by atoms with Crippen LogP contribution in [-0.2, 0) is 11.3 Å². The average molecular weight is 390 g/mol. The first-order valence-electron chi connectivity index (χ1n) is 8.25. The van der Waals surface area contributed by atoms with E-state index in [0.717, 1.165) is 4.90 Å². The van der Waals surface area contributed by atoms with Crippen molar-refractivity contribution < 1.29 is 14.5 Å². The molecule has 7 heteroatoms. The van der Waals surface area contributed by atoms with Crippen molar-refractivity contribution in [3.63, 3.8) is 0 Å². The second kappa shape index (κ2) is 8.84. The van der Waals surface area contributed by atoms with Crippen LogP contribution >= 0.6 is 11.8 Å². The standard InChI is InChI=1S/C21H14N2O4S/c22-13-16-6-4-5-7-17(16)14-27-21(24)15-10-11-20(19(12-15)23(25)26)28-18-8-2-1-3-9-18/h1-12H,14H2. The Kier molecular flexibility index (Phi) is 6.04. The third-order valence-electron chi connectivity index (χ3n) is 3.86. The molecule has 0 aromatic heterocycles. The van der Waals surface area contributed by atoms with Crippen LogP contribution < -0.4 is 0 Å². The maximum atomic E-state index is 12.3. The summed E-state index contributed by atoms with van der Waals surface area (Å²) in [6, 6.07) is 22.3. The first kappa shape index (κ1) is 19.1. The second-order valence-electron chi connectivity index (χ2n) is 5.70. The molecule has 28 heavy (non-hydrogen) atoms. The average Bonchev–Trinajstić information content (AvgIpc) is 2.73. The Bertz CT molecular complexity index is 1060. The highest BCUT2D eigenvalue weighted by atomic mass is 32.2. The van der Waals surface area contributed by atoms with E-state index in [4.69, 9.17) is 10.00 Å². The van der Waals surface area contributed by atoms with Crippen molar-refractivity contribution in [1.82, 2.24) is 0 Å². The number of hydrogen-bond acceptors (Lipinski definition) is 6. The first-order valence-corrected chi connectivity index (χ1v) is 9.06. The molecule has 0 saturated carbocycles. The Hall–Kier alpha value is -3.63. The van der Waals surface area contributed by atoms with Gasteiger partial charge in [0.25, 0.3) is 5.69 Å². The van der Waals surface area contributed by atoms with Gasteiger partial charge in [-0.25, -0.2) is 4.79 Å². The predicted molar refractivity (Wildman–Crippen MR) is 104 cm³/mol. The van der Waals surface area contributed by atoms with Crippen LogP contribution in [-0.4, -0.2) is 10.9 Å². The van der Waals surface area contributed by atoms with Crippen molar-refractivity contribution in [2.75, 3.05) is 0 Å². The highest BCUT2D eigenvalue weighted by Gasteiger charge is 2.19. The third-order valence-corrected chi connectivity index (χ3v) is 4.93. The summed E-state index contributed by atoms with van der Waals surface area (Å²) in [5.74, 6) is -0.688. The number of rotatable bonds is 6. The fourth-order valence-electron chi connectivity index (χ4n) is 2.47. The zero-order valence-corrected chi connectivity index (χ0v) is 15.4. The lowest BCUT2D eigenvalue weighted by Crippen LogP contribution is -2.07. The van der Waals surface area contributed by atoms with Crippen LogP contribution in [0, 0.1) is 21.4 Å². The molecule has 0 fully saturated rings. The molecule has 0 N–H and O–H groups in total. The van der Waals surface area contributed by atoms with Crippen molar-refractivity contribution >= 4 is 23.4 Å². The summed E-state index contributed by atoms with van der Waals surface area (Å²) in [6.45, 7) is -0.0864. The summed E-state index contributed by atoms with van der Waals surface area (Å²) < 4.78 is 5.23. The van der Waals surface area contributed by atoms with Crippen LogP contribution in [0.3, 0.4) is 0 Å². The summed E-state index contributed by atoms with van der Waals surface area (Å²) in [5, 5.41) is 20.5. The highest BCUT2D eigenvalue weighted by molar-refractivity contribution is 7.99. The molecule has 0 aliphatic carbocycles. The maximum Gasteiger partial charge on any atom is 0.338 e. The molecular formula is C21H14N2O4S. The van der Waals surface area contributed by atoms with Crippen LogP contribution in [0.5, 0.6) is 0 Å². The largest absolute Gasteiger partial charge is 0.457 e. The Morgan fingerprint density at radius 2 is 1.79 bits per heavy atom. The lowest BCUT2D eigenvalue weighted by Gasteiger charge is -2.08. The fraction of sp³-hybridized carbons (Fsp3) is 0.0476. The molecule has 0 aliphatic rings. The van der Waals surface area contributed by atoms with Gasteiger partial charge in [0.15, 0.2) is 0 Å². The van der Waals surface area contributed by atoms with Crippen molar-refractivity contribution in [3.8, 4) is 6.07 Å². The summed E-state index contributed by atoms with van der Waals surface area (Å²) in [7, 11) is 0. The monoisotopic (exact) mass is 390 g/mol. The molecule has 0 amide bonds. The SMILES string of the molecule is N#Cc1ccccc1COC(=O)c1ccc(Sc2ccccc2)c([N+](=O)[O-])c1. The number of carbonyl (C=O) groups excluding carboxylic acids is 1. The number of benzene rings is 3. The molecule has 0 radical (unpaired) electrons. The quantitative estimate of drug-likeness (QED) is 0.335. The van der Waals surface area contributed by atoms with Gasteiger partial charge in [0.1, 0.15) is 6.61 Å². The van der Waals surface area contributed by atoms with E-state index in [9.17, 15) is 14.9 Å². The molecule has 3 rings (SSSR count). The molecule has 0 saturated heterocycles.